The minimum absolute atomic E-state index is 0.0976. The zero-order valence-electron chi connectivity index (χ0n) is 41.8. The van der Waals surface area contributed by atoms with E-state index in [0.29, 0.717) is 19.3 Å². The van der Waals surface area contributed by atoms with Crippen LogP contribution in [-0.4, -0.2) is 37.2 Å². The average molecular weight is 891 g/mol. The third-order valence-electron chi connectivity index (χ3n) is 11.1. The highest BCUT2D eigenvalue weighted by Gasteiger charge is 2.19. The van der Waals surface area contributed by atoms with E-state index in [1.807, 2.05) is 0 Å². The summed E-state index contributed by atoms with van der Waals surface area (Å²) in [5.74, 6) is -0.946. The zero-order chi connectivity index (χ0) is 46.5. The van der Waals surface area contributed by atoms with Crippen LogP contribution in [0.4, 0.5) is 0 Å². The molecule has 0 amide bonds. The van der Waals surface area contributed by atoms with Crippen LogP contribution in [0.15, 0.2) is 85.1 Å². The van der Waals surface area contributed by atoms with Crippen LogP contribution in [0.1, 0.15) is 245 Å². The first-order valence-electron chi connectivity index (χ1n) is 26.6. The number of carbonyl (C=O) groups excluding carboxylic acids is 3. The summed E-state index contributed by atoms with van der Waals surface area (Å²) in [5.41, 5.74) is 0. The highest BCUT2D eigenvalue weighted by atomic mass is 16.6. The van der Waals surface area contributed by atoms with Crippen LogP contribution in [0, 0.1) is 0 Å². The topological polar surface area (TPSA) is 78.9 Å². The van der Waals surface area contributed by atoms with Gasteiger partial charge in [-0.3, -0.25) is 14.4 Å². The first-order valence-corrected chi connectivity index (χ1v) is 26.6. The Morgan fingerprint density at radius 3 is 0.922 bits per heavy atom. The molecule has 1 atom stereocenters. The van der Waals surface area contributed by atoms with E-state index >= 15 is 0 Å². The van der Waals surface area contributed by atoms with Crippen LogP contribution < -0.4 is 0 Å². The van der Waals surface area contributed by atoms with E-state index in [1.165, 1.54) is 70.6 Å². The number of hydrogen-bond acceptors (Lipinski definition) is 6. The molecular formula is C58H98O6. The van der Waals surface area contributed by atoms with Crippen LogP contribution in [0.25, 0.3) is 0 Å². The number of allylic oxidation sites excluding steroid dienone is 14. The molecule has 0 aromatic heterocycles. The van der Waals surface area contributed by atoms with Crippen molar-refractivity contribution in [2.24, 2.45) is 0 Å². The molecule has 366 valence electrons. The summed E-state index contributed by atoms with van der Waals surface area (Å²) in [6.45, 7) is 6.50. The molecule has 0 aliphatic heterocycles. The van der Waals surface area contributed by atoms with E-state index in [4.69, 9.17) is 14.2 Å². The molecule has 0 aliphatic rings. The Balaban J connectivity index is 4.48. The summed E-state index contributed by atoms with van der Waals surface area (Å²) >= 11 is 0. The number of esters is 3. The number of rotatable bonds is 47. The predicted molar refractivity (Wildman–Crippen MR) is 274 cm³/mol. The maximum Gasteiger partial charge on any atom is 0.306 e. The molecule has 0 rings (SSSR count). The van der Waals surface area contributed by atoms with Crippen molar-refractivity contribution in [3.05, 3.63) is 85.1 Å². The summed E-state index contributed by atoms with van der Waals surface area (Å²) in [7, 11) is 0. The summed E-state index contributed by atoms with van der Waals surface area (Å²) in [5, 5.41) is 0. The Morgan fingerprint density at radius 2 is 0.578 bits per heavy atom. The van der Waals surface area contributed by atoms with Crippen molar-refractivity contribution in [1.29, 1.82) is 0 Å². The van der Waals surface area contributed by atoms with E-state index < -0.39 is 6.10 Å². The SMILES string of the molecule is CCCC/C=C\C/C=C\CCCCCCCC(=O)OC[C@H](COC(=O)CCCCCC/C=C\C/C=C\C/C=C\CCCCC)OC(=O)CCCCCCC/C=C\C/C=C\CCCCC. The molecule has 0 aromatic carbocycles. The Labute approximate surface area is 395 Å². The molecule has 64 heavy (non-hydrogen) atoms. The molecular weight excluding hydrogens is 793 g/mol. The molecule has 0 heterocycles. The lowest BCUT2D eigenvalue weighted by Gasteiger charge is -2.18. The van der Waals surface area contributed by atoms with Gasteiger partial charge in [-0.15, -0.1) is 0 Å². The van der Waals surface area contributed by atoms with Gasteiger partial charge in [-0.25, -0.2) is 0 Å². The molecule has 0 saturated carbocycles. The molecule has 0 unspecified atom stereocenters. The van der Waals surface area contributed by atoms with Gasteiger partial charge in [-0.2, -0.15) is 0 Å². The van der Waals surface area contributed by atoms with Gasteiger partial charge in [0.05, 0.1) is 0 Å². The molecule has 0 fully saturated rings. The number of hydrogen-bond donors (Lipinski definition) is 0. The Hall–Kier alpha value is -3.41. The normalized spacial score (nSPS) is 12.7. The fourth-order valence-electron chi connectivity index (χ4n) is 7.02. The van der Waals surface area contributed by atoms with Crippen molar-refractivity contribution < 1.29 is 28.6 Å². The van der Waals surface area contributed by atoms with E-state index in [1.54, 1.807) is 0 Å². The van der Waals surface area contributed by atoms with Gasteiger partial charge in [-0.05, 0) is 116 Å². The molecule has 0 aromatic rings. The number of unbranched alkanes of at least 4 members (excludes halogenated alkanes) is 22. The molecule has 6 nitrogen and oxygen atoms in total. The number of carbonyl (C=O) groups is 3. The van der Waals surface area contributed by atoms with Gasteiger partial charge in [0.15, 0.2) is 6.10 Å². The maximum atomic E-state index is 12.8. The lowest BCUT2D eigenvalue weighted by Crippen LogP contribution is -2.30. The molecule has 6 heteroatoms. The predicted octanol–water partition coefficient (Wildman–Crippen LogP) is 17.6. The van der Waals surface area contributed by atoms with Gasteiger partial charge in [0.1, 0.15) is 13.2 Å². The summed E-state index contributed by atoms with van der Waals surface area (Å²) in [4.78, 5) is 38.0. The zero-order valence-corrected chi connectivity index (χ0v) is 41.8. The smallest absolute Gasteiger partial charge is 0.306 e. The van der Waals surface area contributed by atoms with Gasteiger partial charge in [0.2, 0.25) is 0 Å². The van der Waals surface area contributed by atoms with Gasteiger partial charge in [-0.1, -0.05) is 196 Å². The quantitative estimate of drug-likeness (QED) is 0.0262. The van der Waals surface area contributed by atoms with Crippen molar-refractivity contribution in [1.82, 2.24) is 0 Å². The average Bonchev–Trinajstić information content (AvgIpc) is 3.29. The third kappa shape index (κ3) is 49.6. The fraction of sp³-hybridized carbons (Fsp3) is 0.707. The Bertz CT molecular complexity index is 1250. The molecule has 0 N–H and O–H groups in total. The Morgan fingerprint density at radius 1 is 0.312 bits per heavy atom. The van der Waals surface area contributed by atoms with Gasteiger partial charge in [0.25, 0.3) is 0 Å². The lowest BCUT2D eigenvalue weighted by atomic mass is 10.1. The van der Waals surface area contributed by atoms with Crippen molar-refractivity contribution in [3.63, 3.8) is 0 Å². The van der Waals surface area contributed by atoms with Crippen LogP contribution in [0.5, 0.6) is 0 Å². The van der Waals surface area contributed by atoms with Crippen LogP contribution >= 0.6 is 0 Å². The van der Waals surface area contributed by atoms with Crippen LogP contribution in [-0.2, 0) is 28.6 Å². The van der Waals surface area contributed by atoms with Crippen LogP contribution in [0.2, 0.25) is 0 Å². The summed E-state index contributed by atoms with van der Waals surface area (Å²) in [6, 6.07) is 0. The third-order valence-corrected chi connectivity index (χ3v) is 11.1. The monoisotopic (exact) mass is 891 g/mol. The van der Waals surface area contributed by atoms with Crippen molar-refractivity contribution in [3.8, 4) is 0 Å². The van der Waals surface area contributed by atoms with Crippen molar-refractivity contribution in [2.45, 2.75) is 252 Å². The van der Waals surface area contributed by atoms with Crippen LogP contribution in [0.3, 0.4) is 0 Å². The molecule has 0 radical (unpaired) electrons. The van der Waals surface area contributed by atoms with E-state index in [2.05, 4.69) is 106 Å². The second-order valence-electron chi connectivity index (χ2n) is 17.4. The van der Waals surface area contributed by atoms with Gasteiger partial charge in [0, 0.05) is 19.3 Å². The van der Waals surface area contributed by atoms with Crippen molar-refractivity contribution >= 4 is 17.9 Å². The molecule has 0 spiro atoms. The Kier molecular flexibility index (Phi) is 49.4. The minimum atomic E-state index is -0.799. The second-order valence-corrected chi connectivity index (χ2v) is 17.4. The molecule has 0 bridgehead atoms. The van der Waals surface area contributed by atoms with E-state index in [9.17, 15) is 14.4 Å². The molecule has 0 aliphatic carbocycles. The summed E-state index contributed by atoms with van der Waals surface area (Å²) in [6.07, 6.45) is 67.0. The second kappa shape index (κ2) is 52.2. The summed E-state index contributed by atoms with van der Waals surface area (Å²) < 4.78 is 16.8. The first-order chi connectivity index (χ1) is 31.5. The molecule has 0 saturated heterocycles. The van der Waals surface area contributed by atoms with Gasteiger partial charge < -0.3 is 14.2 Å². The maximum absolute atomic E-state index is 12.8. The van der Waals surface area contributed by atoms with E-state index in [0.717, 1.165) is 135 Å². The highest BCUT2D eigenvalue weighted by molar-refractivity contribution is 5.71. The largest absolute Gasteiger partial charge is 0.462 e. The number of ether oxygens (including phenoxy) is 3. The first kappa shape index (κ1) is 60.6. The standard InChI is InChI=1S/C58H98O6/c1-4-7-10-13-16-19-22-25-28-29-31-33-36-39-42-45-48-51-57(60)63-54-55(53-62-56(59)50-47-44-41-38-35-32-27-24-21-18-15-12-9-6-3)64-58(61)52-49-46-43-40-37-34-30-26-23-20-17-14-11-8-5-2/h15-20,24-28,30-31,33,55H,4-14,21-23,29,32,34-54H2,1-3H3/b18-15-,19-16-,20-17-,27-24-,28-25-,30-26-,33-31-/t55-/m1/s1. The lowest BCUT2D eigenvalue weighted by molar-refractivity contribution is -0.167. The van der Waals surface area contributed by atoms with E-state index in [-0.39, 0.29) is 31.1 Å². The highest BCUT2D eigenvalue weighted by Crippen LogP contribution is 2.13. The van der Waals surface area contributed by atoms with Gasteiger partial charge >= 0.3 is 17.9 Å². The fourth-order valence-corrected chi connectivity index (χ4v) is 7.02. The van der Waals surface area contributed by atoms with Crippen molar-refractivity contribution in [2.75, 3.05) is 13.2 Å². The minimum Gasteiger partial charge on any atom is -0.462 e.